The van der Waals surface area contributed by atoms with Crippen molar-refractivity contribution in [2.45, 2.75) is 69.6 Å². The Bertz CT molecular complexity index is 682. The van der Waals surface area contributed by atoms with E-state index in [1.165, 1.54) is 50.9 Å². The number of halogens is 3. The first-order chi connectivity index (χ1) is 13.4. The number of nitrogens with zero attached hydrogens (tertiary/aromatic N) is 2. The van der Waals surface area contributed by atoms with Gasteiger partial charge in [-0.25, -0.2) is 0 Å². The molecule has 2 aliphatic heterocycles. The number of fused-ring (bicyclic) bond motifs is 1. The molecule has 1 amide bonds. The quantitative estimate of drug-likeness (QED) is 0.753. The van der Waals surface area contributed by atoms with Crippen molar-refractivity contribution in [3.8, 4) is 0 Å². The second-order valence-corrected chi connectivity index (χ2v) is 8.64. The fourth-order valence-electron chi connectivity index (χ4n) is 5.47. The van der Waals surface area contributed by atoms with Gasteiger partial charge in [0.1, 0.15) is 0 Å². The van der Waals surface area contributed by atoms with Crippen molar-refractivity contribution < 1.29 is 18.0 Å². The summed E-state index contributed by atoms with van der Waals surface area (Å²) in [6, 6.07) is 6.01. The van der Waals surface area contributed by atoms with Crippen LogP contribution in [-0.2, 0) is 17.4 Å². The van der Waals surface area contributed by atoms with Crippen LogP contribution in [0.2, 0.25) is 0 Å². The van der Waals surface area contributed by atoms with Crippen LogP contribution in [0.4, 0.5) is 13.2 Å². The summed E-state index contributed by atoms with van der Waals surface area (Å²) >= 11 is 0. The summed E-state index contributed by atoms with van der Waals surface area (Å²) < 4.78 is 38.2. The van der Waals surface area contributed by atoms with Crippen LogP contribution in [0.25, 0.3) is 0 Å². The minimum absolute atomic E-state index is 0.0640. The van der Waals surface area contributed by atoms with Gasteiger partial charge in [-0.15, -0.1) is 0 Å². The average Bonchev–Trinajstić information content (AvgIpc) is 3.21. The molecule has 0 radical (unpaired) electrons. The Hall–Kier alpha value is -1.56. The van der Waals surface area contributed by atoms with E-state index in [0.717, 1.165) is 37.9 Å². The molecule has 0 bridgehead atoms. The van der Waals surface area contributed by atoms with E-state index in [1.807, 2.05) is 4.90 Å². The van der Waals surface area contributed by atoms with Gasteiger partial charge >= 0.3 is 6.18 Å². The molecular weight excluding hydrogens is 365 g/mol. The van der Waals surface area contributed by atoms with Gasteiger partial charge in [0.2, 0.25) is 5.91 Å². The van der Waals surface area contributed by atoms with Crippen molar-refractivity contribution in [1.82, 2.24) is 9.80 Å². The number of carbonyl (C=O) groups is 1. The molecule has 3 aliphatic rings. The van der Waals surface area contributed by atoms with Gasteiger partial charge in [-0.3, -0.25) is 4.79 Å². The first kappa shape index (κ1) is 19.7. The highest BCUT2D eigenvalue weighted by Crippen LogP contribution is 2.38. The molecule has 0 aromatic heterocycles. The zero-order valence-electron chi connectivity index (χ0n) is 16.3. The smallest absolute Gasteiger partial charge is 0.339 e. The predicted octanol–water partition coefficient (Wildman–Crippen LogP) is 4.50. The number of piperidine rings is 1. The molecular formula is C22H29F3N2O. The van der Waals surface area contributed by atoms with Crippen molar-refractivity contribution in [2.24, 2.45) is 5.92 Å². The Balaban J connectivity index is 1.38. The van der Waals surface area contributed by atoms with E-state index in [1.54, 1.807) is 0 Å². The maximum Gasteiger partial charge on any atom is 0.416 e. The Labute approximate surface area is 164 Å². The lowest BCUT2D eigenvalue weighted by atomic mass is 9.75. The number of hydrogen-bond donors (Lipinski definition) is 0. The van der Waals surface area contributed by atoms with E-state index >= 15 is 0 Å². The van der Waals surface area contributed by atoms with Crippen molar-refractivity contribution in [2.75, 3.05) is 19.6 Å². The summed E-state index contributed by atoms with van der Waals surface area (Å²) in [6.07, 6.45) is 4.11. The normalized spacial score (nSPS) is 29.0. The molecule has 4 rings (SSSR count). The minimum atomic E-state index is -4.34. The van der Waals surface area contributed by atoms with Crippen LogP contribution in [0.15, 0.2) is 24.3 Å². The predicted molar refractivity (Wildman–Crippen MR) is 102 cm³/mol. The zero-order valence-corrected chi connectivity index (χ0v) is 16.3. The van der Waals surface area contributed by atoms with E-state index in [9.17, 15) is 18.0 Å². The molecule has 154 valence electrons. The molecule has 2 saturated heterocycles. The standard InChI is InChI=1S/C22H29F3N2O/c23-22(24,25)18-7-5-16(6-8-18)14-21(28)27-13-3-4-17-15-19(9-10-20(17)27)26-11-1-2-12-26/h5-8,17,19-20H,1-4,9-15H2. The van der Waals surface area contributed by atoms with Gasteiger partial charge in [0.25, 0.3) is 0 Å². The third-order valence-corrected chi connectivity index (χ3v) is 6.90. The van der Waals surface area contributed by atoms with Crippen LogP contribution < -0.4 is 0 Å². The molecule has 3 atom stereocenters. The van der Waals surface area contributed by atoms with E-state index in [2.05, 4.69) is 4.90 Å². The fraction of sp³-hybridized carbons (Fsp3) is 0.682. The molecule has 3 nitrogen and oxygen atoms in total. The molecule has 1 aromatic rings. The second kappa shape index (κ2) is 8.05. The first-order valence-corrected chi connectivity index (χ1v) is 10.6. The highest BCUT2D eigenvalue weighted by molar-refractivity contribution is 5.79. The van der Waals surface area contributed by atoms with E-state index in [0.29, 0.717) is 23.6 Å². The SMILES string of the molecule is O=C(Cc1ccc(C(F)(F)F)cc1)N1CCCC2CC(N3CCCC3)CCC21. The number of benzene rings is 1. The Morgan fingerprint density at radius 1 is 0.964 bits per heavy atom. The number of rotatable bonds is 3. The second-order valence-electron chi connectivity index (χ2n) is 8.64. The largest absolute Gasteiger partial charge is 0.416 e. The van der Waals surface area contributed by atoms with Crippen molar-refractivity contribution in [3.05, 3.63) is 35.4 Å². The summed E-state index contributed by atoms with van der Waals surface area (Å²) in [6.45, 7) is 3.23. The van der Waals surface area contributed by atoms with Crippen LogP contribution >= 0.6 is 0 Å². The lowest BCUT2D eigenvalue weighted by molar-refractivity contribution is -0.137. The molecule has 6 heteroatoms. The summed E-state index contributed by atoms with van der Waals surface area (Å²) in [5.74, 6) is 0.638. The van der Waals surface area contributed by atoms with Crippen LogP contribution in [-0.4, -0.2) is 47.4 Å². The highest BCUT2D eigenvalue weighted by Gasteiger charge is 2.40. The van der Waals surface area contributed by atoms with Gasteiger partial charge in [-0.2, -0.15) is 13.2 Å². The molecule has 0 spiro atoms. The minimum Gasteiger partial charge on any atom is -0.339 e. The molecule has 2 heterocycles. The van der Waals surface area contributed by atoms with Gasteiger partial charge in [0.05, 0.1) is 12.0 Å². The van der Waals surface area contributed by atoms with Crippen LogP contribution in [0, 0.1) is 5.92 Å². The zero-order chi connectivity index (χ0) is 19.7. The van der Waals surface area contributed by atoms with Gasteiger partial charge < -0.3 is 9.80 Å². The highest BCUT2D eigenvalue weighted by atomic mass is 19.4. The number of likely N-dealkylation sites (tertiary alicyclic amines) is 2. The summed E-state index contributed by atoms with van der Waals surface area (Å²) in [4.78, 5) is 17.6. The molecule has 1 saturated carbocycles. The van der Waals surface area contributed by atoms with Crippen LogP contribution in [0.3, 0.4) is 0 Å². The molecule has 1 aromatic carbocycles. The van der Waals surface area contributed by atoms with Gasteiger partial charge in [0, 0.05) is 18.6 Å². The van der Waals surface area contributed by atoms with Crippen LogP contribution in [0.1, 0.15) is 56.1 Å². The molecule has 3 fully saturated rings. The summed E-state index contributed by atoms with van der Waals surface area (Å²) in [5.41, 5.74) is -0.00662. The van der Waals surface area contributed by atoms with Crippen molar-refractivity contribution in [1.29, 1.82) is 0 Å². The molecule has 3 unspecified atom stereocenters. The molecule has 1 aliphatic carbocycles. The van der Waals surface area contributed by atoms with E-state index < -0.39 is 11.7 Å². The van der Waals surface area contributed by atoms with Crippen molar-refractivity contribution in [3.63, 3.8) is 0 Å². The lowest BCUT2D eigenvalue weighted by Gasteiger charge is -2.48. The molecule has 0 N–H and O–H groups in total. The van der Waals surface area contributed by atoms with E-state index in [-0.39, 0.29) is 12.3 Å². The Morgan fingerprint density at radius 3 is 2.36 bits per heavy atom. The Morgan fingerprint density at radius 2 is 1.68 bits per heavy atom. The third-order valence-electron chi connectivity index (χ3n) is 6.90. The topological polar surface area (TPSA) is 23.6 Å². The van der Waals surface area contributed by atoms with Gasteiger partial charge in [-0.05, 0) is 81.6 Å². The van der Waals surface area contributed by atoms with Crippen molar-refractivity contribution >= 4 is 5.91 Å². The fourth-order valence-corrected chi connectivity index (χ4v) is 5.47. The monoisotopic (exact) mass is 394 g/mol. The lowest BCUT2D eigenvalue weighted by Crippen LogP contribution is -2.53. The first-order valence-electron chi connectivity index (χ1n) is 10.6. The summed E-state index contributed by atoms with van der Waals surface area (Å²) in [7, 11) is 0. The number of amides is 1. The number of alkyl halides is 3. The third kappa shape index (κ3) is 4.22. The average molecular weight is 394 g/mol. The van der Waals surface area contributed by atoms with Gasteiger partial charge in [0.15, 0.2) is 0 Å². The maximum absolute atomic E-state index is 12.9. The van der Waals surface area contributed by atoms with Crippen LogP contribution in [0.5, 0.6) is 0 Å². The van der Waals surface area contributed by atoms with Gasteiger partial charge in [-0.1, -0.05) is 12.1 Å². The summed E-state index contributed by atoms with van der Waals surface area (Å²) in [5, 5.41) is 0. The maximum atomic E-state index is 12.9. The van der Waals surface area contributed by atoms with E-state index in [4.69, 9.17) is 0 Å². The number of hydrogen-bond acceptors (Lipinski definition) is 2. The molecule has 28 heavy (non-hydrogen) atoms. The number of carbonyl (C=O) groups excluding carboxylic acids is 1. The Kier molecular flexibility index (Phi) is 5.68.